The van der Waals surface area contributed by atoms with Crippen LogP contribution in [0.1, 0.15) is 49.9 Å². The van der Waals surface area contributed by atoms with Crippen LogP contribution in [-0.4, -0.2) is 41.9 Å². The Balaban J connectivity index is 1.70. The van der Waals surface area contributed by atoms with Crippen molar-refractivity contribution in [3.8, 4) is 11.5 Å². The Morgan fingerprint density at radius 3 is 2.15 bits per heavy atom. The van der Waals surface area contributed by atoms with Gasteiger partial charge in [-0.1, -0.05) is 31.8 Å². The number of nitrogens with one attached hydrogen (secondary N) is 1. The fourth-order valence-corrected chi connectivity index (χ4v) is 4.62. The maximum atomic E-state index is 13.1. The number of aromatic nitrogens is 2. The molecule has 0 bridgehead atoms. The van der Waals surface area contributed by atoms with Crippen molar-refractivity contribution in [3.05, 3.63) is 59.9 Å². The van der Waals surface area contributed by atoms with Crippen molar-refractivity contribution in [3.63, 3.8) is 0 Å². The molecular formula is C23H27FN4O4S. The zero-order valence-corrected chi connectivity index (χ0v) is 19.4. The molecule has 1 N–H and O–H groups in total. The first-order valence-corrected chi connectivity index (χ1v) is 12.3. The van der Waals surface area contributed by atoms with Crippen LogP contribution >= 0.6 is 0 Å². The zero-order chi connectivity index (χ0) is 23.8. The lowest BCUT2D eigenvalue weighted by atomic mass is 10.2. The highest BCUT2D eigenvalue weighted by Crippen LogP contribution is 2.21. The fourth-order valence-electron chi connectivity index (χ4n) is 3.10. The normalized spacial score (nSPS) is 11.6. The molecule has 33 heavy (non-hydrogen) atoms. The quantitative estimate of drug-likeness (QED) is 0.431. The number of amides is 1. The van der Waals surface area contributed by atoms with Gasteiger partial charge in [-0.05, 0) is 61.4 Å². The molecule has 0 unspecified atom stereocenters. The second kappa shape index (κ2) is 11.2. The molecule has 1 amide bonds. The molecule has 0 atom stereocenters. The Bertz CT molecular complexity index is 1150. The van der Waals surface area contributed by atoms with Gasteiger partial charge in [0.05, 0.1) is 4.90 Å². The Kier molecular flexibility index (Phi) is 8.29. The third kappa shape index (κ3) is 6.23. The molecule has 0 saturated heterocycles. The van der Waals surface area contributed by atoms with Crippen molar-refractivity contribution >= 4 is 21.9 Å². The number of rotatable bonds is 11. The first kappa shape index (κ1) is 24.5. The number of anilines is 1. The monoisotopic (exact) mass is 474 g/mol. The maximum Gasteiger partial charge on any atom is 0.322 e. The minimum atomic E-state index is -3.64. The van der Waals surface area contributed by atoms with Gasteiger partial charge in [0.25, 0.3) is 5.91 Å². The summed E-state index contributed by atoms with van der Waals surface area (Å²) in [6.07, 6.45) is 3.37. The van der Waals surface area contributed by atoms with Gasteiger partial charge in [-0.3, -0.25) is 10.1 Å². The molecule has 0 spiro atoms. The lowest BCUT2D eigenvalue weighted by molar-refractivity contribution is 0.102. The summed E-state index contributed by atoms with van der Waals surface area (Å²) >= 11 is 0. The predicted octanol–water partition coefficient (Wildman–Crippen LogP) is 4.72. The van der Waals surface area contributed by atoms with E-state index in [-0.39, 0.29) is 22.4 Å². The van der Waals surface area contributed by atoms with E-state index >= 15 is 0 Å². The van der Waals surface area contributed by atoms with Crippen LogP contribution in [0.25, 0.3) is 11.5 Å². The first-order chi connectivity index (χ1) is 15.8. The number of carbonyl (C=O) groups excluding carboxylic acids is 1. The number of unbranched alkanes of at least 4 members (excludes halogenated alkanes) is 2. The fraction of sp³-hybridized carbons (Fsp3) is 0.348. The van der Waals surface area contributed by atoms with Crippen LogP contribution in [0.3, 0.4) is 0 Å². The summed E-state index contributed by atoms with van der Waals surface area (Å²) in [5.74, 6) is -0.788. The minimum Gasteiger partial charge on any atom is -0.403 e. The standard InChI is InChI=1S/C23H27FN4O4S/c1-3-5-15-28(16-6-4-2)33(30,31)20-13-9-17(10-14-20)21(29)25-23-27-26-22(32-23)18-7-11-19(24)12-8-18/h7-14H,3-6,15-16H2,1-2H3,(H,25,27,29). The summed E-state index contributed by atoms with van der Waals surface area (Å²) in [5, 5.41) is 10.1. The van der Waals surface area contributed by atoms with Crippen molar-refractivity contribution < 1.29 is 22.0 Å². The molecule has 0 aliphatic heterocycles. The van der Waals surface area contributed by atoms with Gasteiger partial charge in [0.2, 0.25) is 15.9 Å². The molecule has 0 saturated carbocycles. The Morgan fingerprint density at radius 2 is 1.58 bits per heavy atom. The number of nitrogens with zero attached hydrogens (tertiary/aromatic N) is 3. The number of halogens is 1. The van der Waals surface area contributed by atoms with E-state index in [4.69, 9.17) is 4.42 Å². The highest BCUT2D eigenvalue weighted by molar-refractivity contribution is 7.89. The largest absolute Gasteiger partial charge is 0.403 e. The average Bonchev–Trinajstić information content (AvgIpc) is 3.28. The molecule has 0 radical (unpaired) electrons. The van der Waals surface area contributed by atoms with Crippen LogP contribution in [-0.2, 0) is 10.0 Å². The number of hydrogen-bond donors (Lipinski definition) is 1. The third-order valence-corrected chi connectivity index (χ3v) is 6.93. The van der Waals surface area contributed by atoms with E-state index in [9.17, 15) is 17.6 Å². The molecule has 10 heteroatoms. The molecule has 8 nitrogen and oxygen atoms in total. The van der Waals surface area contributed by atoms with E-state index < -0.39 is 21.7 Å². The van der Waals surface area contributed by atoms with Crippen LogP contribution in [0.15, 0.2) is 57.8 Å². The van der Waals surface area contributed by atoms with E-state index in [0.717, 1.165) is 25.7 Å². The van der Waals surface area contributed by atoms with E-state index in [0.29, 0.717) is 18.7 Å². The molecular weight excluding hydrogens is 447 g/mol. The van der Waals surface area contributed by atoms with E-state index in [2.05, 4.69) is 15.5 Å². The second-order valence-electron chi connectivity index (χ2n) is 7.51. The van der Waals surface area contributed by atoms with Crippen molar-refractivity contribution in [1.82, 2.24) is 14.5 Å². The molecule has 1 aromatic heterocycles. The Hall–Kier alpha value is -3.11. The van der Waals surface area contributed by atoms with Gasteiger partial charge < -0.3 is 4.42 Å². The lowest BCUT2D eigenvalue weighted by Crippen LogP contribution is -2.33. The molecule has 176 valence electrons. The molecule has 0 fully saturated rings. The maximum absolute atomic E-state index is 13.1. The van der Waals surface area contributed by atoms with Gasteiger partial charge in [-0.15, -0.1) is 5.10 Å². The Labute approximate surface area is 192 Å². The second-order valence-corrected chi connectivity index (χ2v) is 9.45. The summed E-state index contributed by atoms with van der Waals surface area (Å²) in [6, 6.07) is 11.1. The minimum absolute atomic E-state index is 0.124. The van der Waals surface area contributed by atoms with Crippen LogP contribution in [0.2, 0.25) is 0 Å². The number of benzene rings is 2. The highest BCUT2D eigenvalue weighted by atomic mass is 32.2. The molecule has 0 aliphatic carbocycles. The van der Waals surface area contributed by atoms with Crippen molar-refractivity contribution in [2.45, 2.75) is 44.4 Å². The van der Waals surface area contributed by atoms with Crippen LogP contribution in [0.4, 0.5) is 10.4 Å². The predicted molar refractivity (Wildman–Crippen MR) is 123 cm³/mol. The Morgan fingerprint density at radius 1 is 0.970 bits per heavy atom. The molecule has 3 rings (SSSR count). The van der Waals surface area contributed by atoms with Gasteiger partial charge in [0, 0.05) is 24.2 Å². The van der Waals surface area contributed by atoms with Gasteiger partial charge in [0.15, 0.2) is 0 Å². The van der Waals surface area contributed by atoms with Crippen molar-refractivity contribution in [2.75, 3.05) is 18.4 Å². The summed E-state index contributed by atoms with van der Waals surface area (Å²) < 4.78 is 46.1. The van der Waals surface area contributed by atoms with E-state index in [1.54, 1.807) is 0 Å². The van der Waals surface area contributed by atoms with Crippen LogP contribution in [0, 0.1) is 5.82 Å². The summed E-state index contributed by atoms with van der Waals surface area (Å²) in [5.41, 5.74) is 0.749. The molecule has 1 heterocycles. The van der Waals surface area contributed by atoms with Gasteiger partial charge >= 0.3 is 6.01 Å². The number of carbonyl (C=O) groups is 1. The van der Waals surface area contributed by atoms with Gasteiger partial charge in [-0.25, -0.2) is 12.8 Å². The van der Waals surface area contributed by atoms with Gasteiger partial charge in [0.1, 0.15) is 5.82 Å². The third-order valence-electron chi connectivity index (χ3n) is 5.01. The van der Waals surface area contributed by atoms with Crippen molar-refractivity contribution in [2.24, 2.45) is 0 Å². The zero-order valence-electron chi connectivity index (χ0n) is 18.6. The average molecular weight is 475 g/mol. The topological polar surface area (TPSA) is 105 Å². The van der Waals surface area contributed by atoms with Crippen LogP contribution < -0.4 is 5.32 Å². The van der Waals surface area contributed by atoms with Crippen LogP contribution in [0.5, 0.6) is 0 Å². The first-order valence-electron chi connectivity index (χ1n) is 10.9. The molecule has 3 aromatic rings. The number of sulfonamides is 1. The SMILES string of the molecule is CCCCN(CCCC)S(=O)(=O)c1ccc(C(=O)Nc2nnc(-c3ccc(F)cc3)o2)cc1. The number of hydrogen-bond acceptors (Lipinski definition) is 6. The lowest BCUT2D eigenvalue weighted by Gasteiger charge is -2.22. The van der Waals surface area contributed by atoms with Crippen molar-refractivity contribution in [1.29, 1.82) is 0 Å². The van der Waals surface area contributed by atoms with E-state index in [1.807, 2.05) is 13.8 Å². The van der Waals surface area contributed by atoms with Gasteiger partial charge in [-0.2, -0.15) is 4.31 Å². The summed E-state index contributed by atoms with van der Waals surface area (Å²) in [4.78, 5) is 12.7. The molecule has 2 aromatic carbocycles. The highest BCUT2D eigenvalue weighted by Gasteiger charge is 2.24. The van der Waals surface area contributed by atoms with E-state index in [1.165, 1.54) is 52.8 Å². The smallest absolute Gasteiger partial charge is 0.322 e. The summed E-state index contributed by atoms with van der Waals surface area (Å²) in [6.45, 7) is 4.97. The summed E-state index contributed by atoms with van der Waals surface area (Å²) in [7, 11) is -3.64. The molecule has 0 aliphatic rings.